The van der Waals surface area contributed by atoms with Crippen LogP contribution in [-0.2, 0) is 44.6 Å². The van der Waals surface area contributed by atoms with E-state index in [0.717, 1.165) is 5.56 Å². The topological polar surface area (TPSA) is 282 Å². The van der Waals surface area contributed by atoms with Crippen LogP contribution in [0.5, 0.6) is 0 Å². The molecular weight excluding hydrogens is 598 g/mol. The molecule has 252 valence electrons. The number of ether oxygens (including phenoxy) is 3. The molecule has 0 bridgehead atoms. The molecule has 1 fully saturated rings. The van der Waals surface area contributed by atoms with Crippen LogP contribution in [0.2, 0.25) is 0 Å². The highest BCUT2D eigenvalue weighted by atomic mass is 16.6. The fourth-order valence-corrected chi connectivity index (χ4v) is 4.51. The summed E-state index contributed by atoms with van der Waals surface area (Å²) in [5, 5.41) is 47.5. The number of aliphatic hydroxyl groups is 4. The van der Waals surface area contributed by atoms with Crippen molar-refractivity contribution in [3.05, 3.63) is 35.9 Å². The largest absolute Gasteiger partial charge is 0.394 e. The highest BCUT2D eigenvalue weighted by Crippen LogP contribution is 2.23. The Bertz CT molecular complexity index is 1140. The molecule has 1 aromatic carbocycles. The first-order chi connectivity index (χ1) is 21.3. The summed E-state index contributed by atoms with van der Waals surface area (Å²) >= 11 is 0. The van der Waals surface area contributed by atoms with Crippen LogP contribution in [0.15, 0.2) is 30.3 Å². The molecule has 0 saturated carbocycles. The fourth-order valence-electron chi connectivity index (χ4n) is 4.51. The Morgan fingerprint density at radius 2 is 1.73 bits per heavy atom. The Morgan fingerprint density at radius 1 is 1.07 bits per heavy atom. The van der Waals surface area contributed by atoms with E-state index >= 15 is 0 Å². The van der Waals surface area contributed by atoms with Gasteiger partial charge in [-0.3, -0.25) is 19.2 Å². The van der Waals surface area contributed by atoms with Crippen LogP contribution in [0.3, 0.4) is 0 Å². The van der Waals surface area contributed by atoms with E-state index in [1.807, 2.05) is 0 Å². The van der Waals surface area contributed by atoms with E-state index < -0.39 is 104 Å². The lowest BCUT2D eigenvalue weighted by Crippen LogP contribution is -2.65. The number of rotatable bonds is 17. The smallest absolute Gasteiger partial charge is 0.330 e. The molecule has 45 heavy (non-hydrogen) atoms. The highest BCUT2D eigenvalue weighted by molar-refractivity contribution is 5.91. The first-order valence-electron chi connectivity index (χ1n) is 14.3. The fraction of sp³-hybridized carbons (Fsp3) is 0.607. The molecule has 17 heteroatoms. The molecular formula is C28H43N5O12. The van der Waals surface area contributed by atoms with Crippen molar-refractivity contribution in [2.24, 2.45) is 11.5 Å². The normalized spacial score (nSPS) is 24.0. The molecule has 1 heterocycles. The summed E-state index contributed by atoms with van der Waals surface area (Å²) in [5.74, 6) is -4.30. The van der Waals surface area contributed by atoms with Gasteiger partial charge in [0.05, 0.1) is 19.3 Å². The highest BCUT2D eigenvalue weighted by Gasteiger charge is 2.46. The molecule has 0 aromatic heterocycles. The van der Waals surface area contributed by atoms with Gasteiger partial charge >= 0.3 is 11.9 Å². The van der Waals surface area contributed by atoms with Crippen LogP contribution in [0.25, 0.3) is 0 Å². The monoisotopic (exact) mass is 641 g/mol. The van der Waals surface area contributed by atoms with Crippen LogP contribution >= 0.6 is 0 Å². The summed E-state index contributed by atoms with van der Waals surface area (Å²) in [5.41, 5.74) is 12.0. The lowest BCUT2D eigenvalue weighted by molar-refractivity contribution is -0.267. The summed E-state index contributed by atoms with van der Waals surface area (Å²) in [7, 11) is 0. The van der Waals surface area contributed by atoms with E-state index in [9.17, 15) is 44.4 Å². The quantitative estimate of drug-likeness (QED) is 0.0575. The molecule has 11 N–H and O–H groups in total. The third-order valence-electron chi connectivity index (χ3n) is 6.90. The second-order valence-corrected chi connectivity index (χ2v) is 10.6. The Balaban J connectivity index is 1.89. The molecule has 0 radical (unpaired) electrons. The zero-order valence-electron chi connectivity index (χ0n) is 25.0. The van der Waals surface area contributed by atoms with Crippen LogP contribution in [-0.4, -0.2) is 125 Å². The van der Waals surface area contributed by atoms with Gasteiger partial charge < -0.3 is 62.1 Å². The second-order valence-electron chi connectivity index (χ2n) is 10.6. The molecule has 3 amide bonds. The van der Waals surface area contributed by atoms with Crippen molar-refractivity contribution >= 4 is 29.7 Å². The van der Waals surface area contributed by atoms with Gasteiger partial charge in [-0.15, -0.1) is 0 Å². The van der Waals surface area contributed by atoms with Crippen molar-refractivity contribution in [3.63, 3.8) is 0 Å². The van der Waals surface area contributed by atoms with Gasteiger partial charge in [-0.05, 0) is 25.3 Å². The van der Waals surface area contributed by atoms with E-state index in [2.05, 4.69) is 16.0 Å². The maximum absolute atomic E-state index is 12.8. The maximum Gasteiger partial charge on any atom is 0.330 e. The van der Waals surface area contributed by atoms with Crippen molar-refractivity contribution in [1.29, 1.82) is 0 Å². The van der Waals surface area contributed by atoms with Gasteiger partial charge in [-0.1, -0.05) is 30.3 Å². The Morgan fingerprint density at radius 3 is 2.31 bits per heavy atom. The van der Waals surface area contributed by atoms with Gasteiger partial charge in [0.2, 0.25) is 17.7 Å². The average Bonchev–Trinajstić information content (AvgIpc) is 2.99. The molecule has 9 atom stereocenters. The first kappa shape index (κ1) is 37.6. The number of hydrogen-bond acceptors (Lipinski definition) is 14. The first-order valence-corrected chi connectivity index (χ1v) is 14.3. The zero-order valence-corrected chi connectivity index (χ0v) is 25.0. The Hall–Kier alpha value is -3.55. The van der Waals surface area contributed by atoms with Crippen molar-refractivity contribution in [1.82, 2.24) is 16.0 Å². The molecule has 17 nitrogen and oxygen atoms in total. The number of carbonyl (C=O) groups is 5. The number of primary amides is 1. The van der Waals surface area contributed by atoms with Gasteiger partial charge in [0.1, 0.15) is 42.5 Å². The summed E-state index contributed by atoms with van der Waals surface area (Å²) in [4.78, 5) is 60.8. The van der Waals surface area contributed by atoms with Crippen molar-refractivity contribution in [2.45, 2.75) is 88.0 Å². The summed E-state index contributed by atoms with van der Waals surface area (Å²) in [6.45, 7) is 1.26. The minimum atomic E-state index is -1.59. The van der Waals surface area contributed by atoms with E-state index in [0.29, 0.717) is 0 Å². The van der Waals surface area contributed by atoms with Gasteiger partial charge in [0.15, 0.2) is 6.29 Å². The van der Waals surface area contributed by atoms with E-state index in [1.54, 1.807) is 30.3 Å². The zero-order chi connectivity index (χ0) is 33.7. The molecule has 2 rings (SSSR count). The number of nitrogens with two attached hydrogens (primary N) is 2. The van der Waals surface area contributed by atoms with Crippen molar-refractivity contribution in [2.75, 3.05) is 19.8 Å². The Labute approximate surface area is 259 Å². The lowest BCUT2D eigenvalue weighted by atomic mass is 9.96. The van der Waals surface area contributed by atoms with Gasteiger partial charge in [0, 0.05) is 19.9 Å². The SMILES string of the molecule is CC(=O)N[C@@H]1[C@@H](OC(C)CN[C@@H](CO)C(=O)N[C@H](CCC(=O)OC(=O)[C@@H](N)Cc2ccccc2)C(N)=O)[C@H](O)[C@@H](CO)O[C@@H]1O. The van der Waals surface area contributed by atoms with Crippen molar-refractivity contribution < 1.29 is 58.6 Å². The predicted molar refractivity (Wildman–Crippen MR) is 154 cm³/mol. The number of amides is 3. The number of benzene rings is 1. The van der Waals surface area contributed by atoms with Crippen molar-refractivity contribution in [3.8, 4) is 0 Å². The number of esters is 2. The Kier molecular flexibility index (Phi) is 15.4. The second kappa shape index (κ2) is 18.4. The summed E-state index contributed by atoms with van der Waals surface area (Å²) < 4.78 is 15.7. The molecule has 1 aromatic rings. The molecule has 1 unspecified atom stereocenters. The summed E-state index contributed by atoms with van der Waals surface area (Å²) in [6.07, 6.45) is -6.86. The standard InChI is InChI=1S/C28H43N5O12/c1-14(43-24-22(32-15(2)36)28(42)44-20(13-35)23(24)38)11-31-19(12-34)26(40)33-18(25(30)39)8-9-21(37)45-27(41)17(29)10-16-6-4-3-5-7-16/h3-7,14,17-20,22-24,28,31,34-35,38,42H,8-13,29H2,1-2H3,(H2,30,39)(H,32,36)(H,33,40)/t14?,17-,18+,19-,20+,22+,23+,24+,28-/m0/s1. The minimum Gasteiger partial charge on any atom is -0.394 e. The van der Waals surface area contributed by atoms with E-state index in [-0.39, 0.29) is 19.4 Å². The molecule has 1 saturated heterocycles. The molecule has 1 aliphatic rings. The lowest BCUT2D eigenvalue weighted by Gasteiger charge is -2.43. The number of nitrogens with one attached hydrogen (secondary N) is 3. The third-order valence-corrected chi connectivity index (χ3v) is 6.90. The average molecular weight is 642 g/mol. The number of carbonyl (C=O) groups excluding carboxylic acids is 5. The number of aliphatic hydroxyl groups excluding tert-OH is 4. The van der Waals surface area contributed by atoms with Gasteiger partial charge in [-0.25, -0.2) is 4.79 Å². The van der Waals surface area contributed by atoms with Crippen LogP contribution in [0.1, 0.15) is 32.3 Å². The predicted octanol–water partition coefficient (Wildman–Crippen LogP) is -4.32. The molecule has 0 spiro atoms. The minimum absolute atomic E-state index is 0.103. The van der Waals surface area contributed by atoms with Crippen LogP contribution in [0.4, 0.5) is 0 Å². The maximum atomic E-state index is 12.8. The molecule has 1 aliphatic heterocycles. The molecule has 0 aliphatic carbocycles. The van der Waals surface area contributed by atoms with Gasteiger partial charge in [-0.2, -0.15) is 0 Å². The van der Waals surface area contributed by atoms with E-state index in [4.69, 9.17) is 25.7 Å². The third kappa shape index (κ3) is 12.0. The van der Waals surface area contributed by atoms with Gasteiger partial charge in [0.25, 0.3) is 0 Å². The van der Waals surface area contributed by atoms with E-state index in [1.165, 1.54) is 13.8 Å². The van der Waals surface area contributed by atoms with Crippen LogP contribution < -0.4 is 27.4 Å². The summed E-state index contributed by atoms with van der Waals surface area (Å²) in [6, 6.07) is 3.95. The van der Waals surface area contributed by atoms with Crippen LogP contribution in [0, 0.1) is 0 Å². The number of hydrogen-bond donors (Lipinski definition) is 9.